The van der Waals surface area contributed by atoms with Crippen LogP contribution in [0.15, 0.2) is 35.3 Å². The van der Waals surface area contributed by atoms with Gasteiger partial charge in [-0.15, -0.1) is 0 Å². The molecule has 1 fully saturated rings. The van der Waals surface area contributed by atoms with Crippen molar-refractivity contribution in [2.45, 2.75) is 58.5 Å². The predicted molar refractivity (Wildman–Crippen MR) is 141 cm³/mol. The van der Waals surface area contributed by atoms with E-state index in [0.29, 0.717) is 24.9 Å². The van der Waals surface area contributed by atoms with Gasteiger partial charge in [0.15, 0.2) is 0 Å². The fourth-order valence-electron chi connectivity index (χ4n) is 5.27. The monoisotopic (exact) mass is 478 g/mol. The number of nitrogens with zero attached hydrogens (tertiary/aromatic N) is 2. The Morgan fingerprint density at radius 1 is 1.20 bits per heavy atom. The second kappa shape index (κ2) is 10.4. The van der Waals surface area contributed by atoms with Gasteiger partial charge in [-0.3, -0.25) is 14.5 Å². The molecule has 35 heavy (non-hydrogen) atoms. The van der Waals surface area contributed by atoms with Crippen molar-refractivity contribution < 1.29 is 9.90 Å². The lowest BCUT2D eigenvalue weighted by atomic mass is 9.87. The number of nitrogens with one attached hydrogen (secondary N) is 2. The first-order valence-corrected chi connectivity index (χ1v) is 12.6. The van der Waals surface area contributed by atoms with E-state index >= 15 is 0 Å². The van der Waals surface area contributed by atoms with Crippen LogP contribution in [-0.2, 0) is 11.8 Å². The molecule has 0 spiro atoms. The number of aryl methyl sites for hydroxylation is 2. The molecule has 1 aliphatic heterocycles. The van der Waals surface area contributed by atoms with Crippen LogP contribution in [0.4, 0.5) is 0 Å². The van der Waals surface area contributed by atoms with Gasteiger partial charge in [0, 0.05) is 41.8 Å². The molecule has 7 heteroatoms. The first kappa shape index (κ1) is 25.2. The summed E-state index contributed by atoms with van der Waals surface area (Å²) in [7, 11) is 1.80. The first-order valence-electron chi connectivity index (χ1n) is 12.6. The van der Waals surface area contributed by atoms with E-state index in [1.54, 1.807) is 18.5 Å². The summed E-state index contributed by atoms with van der Waals surface area (Å²) >= 11 is 0. The molecular formula is C28H38N4O3. The number of rotatable bonds is 7. The Labute approximate surface area is 207 Å². The smallest absolute Gasteiger partial charge is 0.253 e. The molecule has 0 unspecified atom stereocenters. The van der Waals surface area contributed by atoms with Gasteiger partial charge in [0.1, 0.15) is 0 Å². The number of amides is 1. The molecule has 188 valence electrons. The summed E-state index contributed by atoms with van der Waals surface area (Å²) in [4.78, 5) is 30.2. The molecule has 0 saturated carbocycles. The van der Waals surface area contributed by atoms with E-state index in [-0.39, 0.29) is 11.5 Å². The first-order chi connectivity index (χ1) is 16.6. The highest BCUT2D eigenvalue weighted by Gasteiger charge is 2.24. The molecule has 0 aliphatic carbocycles. The van der Waals surface area contributed by atoms with Crippen LogP contribution in [0.1, 0.15) is 62.1 Å². The van der Waals surface area contributed by atoms with Gasteiger partial charge in [0.2, 0.25) is 5.91 Å². The average Bonchev–Trinajstić information content (AvgIpc) is 3.20. The van der Waals surface area contributed by atoms with E-state index in [1.807, 2.05) is 19.2 Å². The number of pyridine rings is 1. The number of carbonyl (C=O) groups excluding carboxylic acids is 1. The van der Waals surface area contributed by atoms with Crippen LogP contribution in [0.25, 0.3) is 22.2 Å². The standard InChI is InChI=1S/C28H38N4O3/c1-17(2)26-23-13-21(20-8-10-32(11-9-20)16-25(34)29-14-19(4)33)6-7-24(23)30-27(26)22-12-18(3)28(35)31(5)15-22/h6-7,12-13,15,17,19-20,30,33H,8-11,14,16H2,1-5H3,(H,29,34)/t19-/m0/s1. The summed E-state index contributed by atoms with van der Waals surface area (Å²) in [6.45, 7) is 10.4. The Hall–Kier alpha value is -2.90. The van der Waals surface area contributed by atoms with E-state index < -0.39 is 6.10 Å². The van der Waals surface area contributed by atoms with Crippen molar-refractivity contribution in [1.29, 1.82) is 0 Å². The minimum Gasteiger partial charge on any atom is -0.392 e. The Balaban J connectivity index is 1.55. The summed E-state index contributed by atoms with van der Waals surface area (Å²) in [5, 5.41) is 13.4. The topological polar surface area (TPSA) is 90.4 Å². The van der Waals surface area contributed by atoms with Gasteiger partial charge in [-0.2, -0.15) is 0 Å². The highest BCUT2D eigenvalue weighted by molar-refractivity contribution is 5.92. The summed E-state index contributed by atoms with van der Waals surface area (Å²) in [6.07, 6.45) is 3.43. The number of fused-ring (bicyclic) bond motifs is 1. The van der Waals surface area contributed by atoms with Crippen LogP contribution in [0.5, 0.6) is 0 Å². The lowest BCUT2D eigenvalue weighted by Crippen LogP contribution is -2.42. The van der Waals surface area contributed by atoms with Crippen molar-refractivity contribution in [1.82, 2.24) is 19.8 Å². The molecule has 0 bridgehead atoms. The third-order valence-corrected chi connectivity index (χ3v) is 7.11. The highest BCUT2D eigenvalue weighted by Crippen LogP contribution is 2.38. The lowest BCUT2D eigenvalue weighted by Gasteiger charge is -2.31. The van der Waals surface area contributed by atoms with Crippen molar-refractivity contribution in [3.05, 3.63) is 57.5 Å². The average molecular weight is 479 g/mol. The number of aromatic nitrogens is 2. The fourth-order valence-corrected chi connectivity index (χ4v) is 5.27. The van der Waals surface area contributed by atoms with Gasteiger partial charge < -0.3 is 20.0 Å². The Morgan fingerprint density at radius 2 is 1.91 bits per heavy atom. The number of carbonyl (C=O) groups is 1. The number of hydrogen-bond donors (Lipinski definition) is 3. The molecule has 1 atom stereocenters. The van der Waals surface area contributed by atoms with Crippen molar-refractivity contribution in [3.8, 4) is 11.3 Å². The number of aromatic amines is 1. The van der Waals surface area contributed by atoms with Crippen LogP contribution < -0.4 is 10.9 Å². The van der Waals surface area contributed by atoms with Crippen LogP contribution in [0, 0.1) is 6.92 Å². The van der Waals surface area contributed by atoms with E-state index in [2.05, 4.69) is 47.2 Å². The van der Waals surface area contributed by atoms with E-state index in [9.17, 15) is 14.7 Å². The van der Waals surface area contributed by atoms with Crippen molar-refractivity contribution in [2.75, 3.05) is 26.2 Å². The summed E-state index contributed by atoms with van der Waals surface area (Å²) in [5.74, 6) is 0.767. The zero-order valence-corrected chi connectivity index (χ0v) is 21.5. The minimum atomic E-state index is -0.526. The van der Waals surface area contributed by atoms with Crippen molar-refractivity contribution in [3.63, 3.8) is 0 Å². The van der Waals surface area contributed by atoms with Crippen LogP contribution in [-0.4, -0.2) is 57.7 Å². The molecule has 3 N–H and O–H groups in total. The minimum absolute atomic E-state index is 0.0270. The maximum Gasteiger partial charge on any atom is 0.253 e. The van der Waals surface area contributed by atoms with Crippen LogP contribution in [0.3, 0.4) is 0 Å². The van der Waals surface area contributed by atoms with E-state index in [1.165, 1.54) is 16.5 Å². The maximum atomic E-state index is 12.2. The Morgan fingerprint density at radius 3 is 2.54 bits per heavy atom. The predicted octanol–water partition coefficient (Wildman–Crippen LogP) is 3.64. The third-order valence-electron chi connectivity index (χ3n) is 7.11. The van der Waals surface area contributed by atoms with Gasteiger partial charge in [-0.25, -0.2) is 0 Å². The van der Waals surface area contributed by atoms with Crippen LogP contribution >= 0.6 is 0 Å². The second-order valence-electron chi connectivity index (χ2n) is 10.4. The number of aliphatic hydroxyl groups excluding tert-OH is 1. The molecule has 3 heterocycles. The summed E-state index contributed by atoms with van der Waals surface area (Å²) < 4.78 is 1.66. The molecule has 2 aromatic heterocycles. The number of aliphatic hydroxyl groups is 1. The van der Waals surface area contributed by atoms with Gasteiger partial charge in [0.25, 0.3) is 5.56 Å². The van der Waals surface area contributed by atoms with Crippen molar-refractivity contribution in [2.24, 2.45) is 7.05 Å². The highest BCUT2D eigenvalue weighted by atomic mass is 16.3. The zero-order chi connectivity index (χ0) is 25.3. The zero-order valence-electron chi connectivity index (χ0n) is 21.5. The van der Waals surface area contributed by atoms with Crippen LogP contribution in [0.2, 0.25) is 0 Å². The fraction of sp³-hybridized carbons (Fsp3) is 0.500. The molecule has 1 aliphatic rings. The largest absolute Gasteiger partial charge is 0.392 e. The molecular weight excluding hydrogens is 440 g/mol. The molecule has 7 nitrogen and oxygen atoms in total. The number of benzene rings is 1. The normalized spacial score (nSPS) is 16.2. The second-order valence-corrected chi connectivity index (χ2v) is 10.4. The van der Waals surface area contributed by atoms with Crippen molar-refractivity contribution >= 4 is 16.8 Å². The Bertz CT molecular complexity index is 1240. The molecule has 0 radical (unpaired) electrons. The maximum absolute atomic E-state index is 12.2. The Kier molecular flexibility index (Phi) is 7.47. The quantitative estimate of drug-likeness (QED) is 0.484. The van der Waals surface area contributed by atoms with Gasteiger partial charge in [0.05, 0.1) is 18.3 Å². The molecule has 4 rings (SSSR count). The third kappa shape index (κ3) is 5.52. The molecule has 1 aromatic carbocycles. The van der Waals surface area contributed by atoms with E-state index in [4.69, 9.17) is 0 Å². The van der Waals surface area contributed by atoms with E-state index in [0.717, 1.165) is 48.3 Å². The number of likely N-dealkylation sites (tertiary alicyclic amines) is 1. The number of H-pyrrole nitrogens is 1. The number of piperidine rings is 1. The summed E-state index contributed by atoms with van der Waals surface area (Å²) in [6, 6.07) is 8.74. The van der Waals surface area contributed by atoms with Gasteiger partial charge >= 0.3 is 0 Å². The molecule has 3 aromatic rings. The molecule has 1 amide bonds. The number of hydrogen-bond acceptors (Lipinski definition) is 4. The summed E-state index contributed by atoms with van der Waals surface area (Å²) in [5.41, 5.74) is 6.64. The van der Waals surface area contributed by atoms with Gasteiger partial charge in [-0.1, -0.05) is 19.9 Å². The SMILES string of the molecule is Cc1cc(-c2[nH]c3ccc(C4CCN(CC(=O)NC[C@H](C)O)CC4)cc3c2C(C)C)cn(C)c1=O. The lowest BCUT2D eigenvalue weighted by molar-refractivity contribution is -0.122. The molecule has 1 saturated heterocycles. The van der Waals surface area contributed by atoms with Gasteiger partial charge in [-0.05, 0) is 80.9 Å².